The zero-order chi connectivity index (χ0) is 19.1. The number of nitrogens with zero attached hydrogens (tertiary/aromatic N) is 1. The van der Waals surface area contributed by atoms with E-state index < -0.39 is 11.9 Å². The summed E-state index contributed by atoms with van der Waals surface area (Å²) in [5, 5.41) is 12.9. The second-order valence-corrected chi connectivity index (χ2v) is 5.92. The van der Waals surface area contributed by atoms with Gasteiger partial charge in [0.25, 0.3) is 5.91 Å². The maximum absolute atomic E-state index is 12.8. The molecule has 0 bridgehead atoms. The van der Waals surface area contributed by atoms with Gasteiger partial charge in [-0.25, -0.2) is 10.2 Å². The van der Waals surface area contributed by atoms with Gasteiger partial charge in [0.2, 0.25) is 0 Å². The first-order chi connectivity index (χ1) is 13.1. The molecule has 0 fully saturated rings. The largest absolute Gasteiger partial charge is 0.478 e. The number of carboxylic acids is 1. The van der Waals surface area contributed by atoms with Crippen molar-refractivity contribution in [3.63, 3.8) is 0 Å². The van der Waals surface area contributed by atoms with Crippen LogP contribution in [0.4, 0.5) is 0 Å². The summed E-state index contributed by atoms with van der Waals surface area (Å²) < 4.78 is 0. The molecule has 0 saturated carbocycles. The van der Waals surface area contributed by atoms with Gasteiger partial charge in [-0.3, -0.25) is 4.79 Å². The molecule has 3 aromatic carbocycles. The molecular formula is C22H18N2O3. The lowest BCUT2D eigenvalue weighted by Gasteiger charge is -2.16. The van der Waals surface area contributed by atoms with Crippen LogP contribution in [0.15, 0.2) is 90.0 Å². The van der Waals surface area contributed by atoms with Crippen LogP contribution in [0.1, 0.15) is 33.0 Å². The van der Waals surface area contributed by atoms with E-state index in [4.69, 9.17) is 5.11 Å². The lowest BCUT2D eigenvalue weighted by atomic mass is 9.91. The van der Waals surface area contributed by atoms with E-state index in [2.05, 4.69) is 10.5 Å². The number of carboxylic acid groups (broad SMARTS) is 1. The van der Waals surface area contributed by atoms with Crippen LogP contribution in [0.5, 0.6) is 0 Å². The number of hydrogen-bond acceptors (Lipinski definition) is 3. The third-order valence-electron chi connectivity index (χ3n) is 4.07. The first-order valence-electron chi connectivity index (χ1n) is 8.41. The van der Waals surface area contributed by atoms with Crippen molar-refractivity contribution in [2.45, 2.75) is 5.92 Å². The van der Waals surface area contributed by atoms with Gasteiger partial charge in [0, 0.05) is 0 Å². The molecule has 3 aromatic rings. The Morgan fingerprint density at radius 2 is 1.33 bits per heavy atom. The monoisotopic (exact) mass is 358 g/mol. The van der Waals surface area contributed by atoms with E-state index in [0.717, 1.165) is 11.1 Å². The molecule has 5 heteroatoms. The summed E-state index contributed by atoms with van der Waals surface area (Å²) in [6, 6.07) is 25.3. The Bertz CT molecular complexity index is 897. The van der Waals surface area contributed by atoms with Crippen LogP contribution in [-0.2, 0) is 4.79 Å². The van der Waals surface area contributed by atoms with Gasteiger partial charge < -0.3 is 5.11 Å². The van der Waals surface area contributed by atoms with Gasteiger partial charge in [-0.15, -0.1) is 0 Å². The van der Waals surface area contributed by atoms with Crippen LogP contribution in [-0.4, -0.2) is 23.2 Å². The van der Waals surface area contributed by atoms with Crippen molar-refractivity contribution in [1.29, 1.82) is 0 Å². The Kier molecular flexibility index (Phi) is 5.74. The minimum atomic E-state index is -0.986. The average Bonchev–Trinajstić information content (AvgIpc) is 2.70. The van der Waals surface area contributed by atoms with Crippen molar-refractivity contribution >= 4 is 18.1 Å². The number of nitrogens with one attached hydrogen (secondary N) is 1. The van der Waals surface area contributed by atoms with Crippen LogP contribution < -0.4 is 5.43 Å². The quantitative estimate of drug-likeness (QED) is 0.521. The van der Waals surface area contributed by atoms with E-state index in [0.29, 0.717) is 5.56 Å². The van der Waals surface area contributed by atoms with Crippen molar-refractivity contribution < 1.29 is 14.7 Å². The molecule has 3 rings (SSSR count). The number of carbonyl (C=O) groups is 2. The summed E-state index contributed by atoms with van der Waals surface area (Å²) in [4.78, 5) is 23.6. The van der Waals surface area contributed by atoms with E-state index in [1.54, 1.807) is 12.1 Å². The van der Waals surface area contributed by atoms with Gasteiger partial charge >= 0.3 is 5.97 Å². The van der Waals surface area contributed by atoms with E-state index in [9.17, 15) is 9.59 Å². The van der Waals surface area contributed by atoms with Crippen LogP contribution in [0, 0.1) is 0 Å². The minimum absolute atomic E-state index is 0.199. The highest BCUT2D eigenvalue weighted by Gasteiger charge is 2.22. The van der Waals surface area contributed by atoms with Crippen molar-refractivity contribution in [1.82, 2.24) is 5.43 Å². The van der Waals surface area contributed by atoms with Gasteiger partial charge in [0.05, 0.1) is 17.7 Å². The van der Waals surface area contributed by atoms with Crippen molar-refractivity contribution in [2.75, 3.05) is 0 Å². The smallest absolute Gasteiger partial charge is 0.335 e. The summed E-state index contributed by atoms with van der Waals surface area (Å²) in [6.07, 6.45) is 1.48. The van der Waals surface area contributed by atoms with Gasteiger partial charge in [-0.05, 0) is 28.8 Å². The Morgan fingerprint density at radius 1 is 0.815 bits per heavy atom. The number of hydrazone groups is 1. The molecular weight excluding hydrogens is 340 g/mol. The van der Waals surface area contributed by atoms with Gasteiger partial charge in [-0.2, -0.15) is 5.10 Å². The lowest BCUT2D eigenvalue weighted by molar-refractivity contribution is -0.121. The third-order valence-corrected chi connectivity index (χ3v) is 4.07. The van der Waals surface area contributed by atoms with Gasteiger partial charge in [0.15, 0.2) is 0 Å². The van der Waals surface area contributed by atoms with Crippen LogP contribution >= 0.6 is 0 Å². The molecule has 0 unspecified atom stereocenters. The molecule has 134 valence electrons. The normalized spacial score (nSPS) is 10.9. The highest BCUT2D eigenvalue weighted by Crippen LogP contribution is 2.24. The number of amides is 1. The molecule has 0 aliphatic carbocycles. The van der Waals surface area contributed by atoms with E-state index >= 15 is 0 Å². The van der Waals surface area contributed by atoms with Gasteiger partial charge in [0.1, 0.15) is 0 Å². The summed E-state index contributed by atoms with van der Waals surface area (Å²) in [7, 11) is 0. The van der Waals surface area contributed by atoms with Crippen LogP contribution in [0.3, 0.4) is 0 Å². The molecule has 0 aromatic heterocycles. The molecule has 0 saturated heterocycles. The first-order valence-corrected chi connectivity index (χ1v) is 8.41. The molecule has 0 heterocycles. The molecule has 2 N–H and O–H groups in total. The Hall–Kier alpha value is -3.73. The third kappa shape index (κ3) is 4.67. The molecule has 0 spiro atoms. The summed E-state index contributed by atoms with van der Waals surface area (Å²) in [5.74, 6) is -1.70. The highest BCUT2D eigenvalue weighted by molar-refractivity contribution is 5.90. The Morgan fingerprint density at radius 3 is 1.81 bits per heavy atom. The zero-order valence-corrected chi connectivity index (χ0v) is 14.4. The number of carbonyl (C=O) groups excluding carboxylic acids is 1. The predicted octanol–water partition coefficient (Wildman–Crippen LogP) is 3.67. The number of hydrogen-bond donors (Lipinski definition) is 2. The minimum Gasteiger partial charge on any atom is -0.478 e. The standard InChI is InChI=1S/C22H18N2O3/c25-21(24-23-15-16-11-13-19(14-12-16)22(26)27)20(17-7-3-1-4-8-17)18-9-5-2-6-10-18/h1-15,20H,(H,24,25)(H,26,27)/b23-15+. The summed E-state index contributed by atoms with van der Waals surface area (Å²) in [5.41, 5.74) is 5.22. The average molecular weight is 358 g/mol. The maximum Gasteiger partial charge on any atom is 0.335 e. The van der Waals surface area contributed by atoms with Crippen molar-refractivity contribution in [3.05, 3.63) is 107 Å². The Labute approximate surface area is 157 Å². The second kappa shape index (κ2) is 8.58. The molecule has 27 heavy (non-hydrogen) atoms. The fourth-order valence-corrected chi connectivity index (χ4v) is 2.73. The number of benzene rings is 3. The SMILES string of the molecule is O=C(O)c1ccc(/C=N/NC(=O)C(c2ccccc2)c2ccccc2)cc1. The second-order valence-electron chi connectivity index (χ2n) is 5.92. The molecule has 5 nitrogen and oxygen atoms in total. The van der Waals surface area contributed by atoms with Crippen molar-refractivity contribution in [2.24, 2.45) is 5.10 Å². The van der Waals surface area contributed by atoms with Crippen LogP contribution in [0.25, 0.3) is 0 Å². The Balaban J connectivity index is 1.76. The summed E-state index contributed by atoms with van der Waals surface area (Å²) >= 11 is 0. The zero-order valence-electron chi connectivity index (χ0n) is 14.4. The molecule has 0 aliphatic rings. The topological polar surface area (TPSA) is 78.8 Å². The predicted molar refractivity (Wildman–Crippen MR) is 104 cm³/mol. The fourth-order valence-electron chi connectivity index (χ4n) is 2.73. The molecule has 0 atom stereocenters. The number of aromatic carboxylic acids is 1. The van der Waals surface area contributed by atoms with Crippen LogP contribution in [0.2, 0.25) is 0 Å². The highest BCUT2D eigenvalue weighted by atomic mass is 16.4. The fraction of sp³-hybridized carbons (Fsp3) is 0.0455. The van der Waals surface area contributed by atoms with E-state index in [1.807, 2.05) is 60.7 Å². The first kappa shape index (κ1) is 18.1. The molecule has 0 aliphatic heterocycles. The molecule has 1 amide bonds. The van der Waals surface area contributed by atoms with E-state index in [1.165, 1.54) is 18.3 Å². The summed E-state index contributed by atoms with van der Waals surface area (Å²) in [6.45, 7) is 0. The van der Waals surface area contributed by atoms with E-state index in [-0.39, 0.29) is 11.5 Å². The maximum atomic E-state index is 12.8. The van der Waals surface area contributed by atoms with Gasteiger partial charge in [-0.1, -0.05) is 72.8 Å². The molecule has 0 radical (unpaired) electrons. The van der Waals surface area contributed by atoms with Crippen molar-refractivity contribution in [3.8, 4) is 0 Å². The lowest BCUT2D eigenvalue weighted by Crippen LogP contribution is -2.26. The number of rotatable bonds is 6.